The van der Waals surface area contributed by atoms with E-state index >= 15 is 0 Å². The lowest BCUT2D eigenvalue weighted by molar-refractivity contribution is -0.122. The fourth-order valence-electron chi connectivity index (χ4n) is 2.41. The van der Waals surface area contributed by atoms with Crippen molar-refractivity contribution in [3.8, 4) is 5.75 Å². The molecule has 0 aliphatic heterocycles. The number of nitrogens with one attached hydrogen (secondary N) is 1. The molecule has 0 fully saturated rings. The molecule has 0 heterocycles. The maximum absolute atomic E-state index is 12.6. The SMILES string of the molecule is CC[C@H](Oc1cccc(C)c1C)C(=O)Nc1cc(C)ccc1C. The minimum atomic E-state index is -0.504. The first-order chi connectivity index (χ1) is 10.9. The first-order valence-corrected chi connectivity index (χ1v) is 8.03. The summed E-state index contributed by atoms with van der Waals surface area (Å²) in [5, 5.41) is 2.99. The van der Waals surface area contributed by atoms with Crippen molar-refractivity contribution in [1.29, 1.82) is 0 Å². The van der Waals surface area contributed by atoms with E-state index in [-0.39, 0.29) is 5.91 Å². The van der Waals surface area contributed by atoms with E-state index in [2.05, 4.69) is 5.32 Å². The van der Waals surface area contributed by atoms with Crippen molar-refractivity contribution in [2.45, 2.75) is 47.1 Å². The van der Waals surface area contributed by atoms with Crippen molar-refractivity contribution in [2.75, 3.05) is 5.32 Å². The first-order valence-electron chi connectivity index (χ1n) is 8.03. The Morgan fingerprint density at radius 2 is 1.83 bits per heavy atom. The maximum atomic E-state index is 12.6. The molecule has 0 spiro atoms. The predicted molar refractivity (Wildman–Crippen MR) is 95.2 cm³/mol. The molecule has 0 unspecified atom stereocenters. The van der Waals surface area contributed by atoms with Crippen LogP contribution in [0.1, 0.15) is 35.6 Å². The average Bonchev–Trinajstić information content (AvgIpc) is 2.52. The summed E-state index contributed by atoms with van der Waals surface area (Å²) in [6.45, 7) is 10.0. The minimum absolute atomic E-state index is 0.109. The van der Waals surface area contributed by atoms with Gasteiger partial charge < -0.3 is 10.1 Å². The fourth-order valence-corrected chi connectivity index (χ4v) is 2.41. The Labute approximate surface area is 138 Å². The molecular weight excluding hydrogens is 286 g/mol. The molecule has 0 saturated heterocycles. The zero-order valence-corrected chi connectivity index (χ0v) is 14.6. The molecule has 3 heteroatoms. The van der Waals surface area contributed by atoms with Gasteiger partial charge in [-0.25, -0.2) is 0 Å². The van der Waals surface area contributed by atoms with Gasteiger partial charge in [0.25, 0.3) is 5.91 Å². The summed E-state index contributed by atoms with van der Waals surface area (Å²) in [5.41, 5.74) is 5.25. The summed E-state index contributed by atoms with van der Waals surface area (Å²) >= 11 is 0. The molecule has 122 valence electrons. The Kier molecular flexibility index (Phi) is 5.43. The highest BCUT2D eigenvalue weighted by molar-refractivity contribution is 5.95. The number of amides is 1. The van der Waals surface area contributed by atoms with Gasteiger partial charge in [0, 0.05) is 5.69 Å². The number of anilines is 1. The van der Waals surface area contributed by atoms with E-state index in [0.717, 1.165) is 33.7 Å². The standard InChI is InChI=1S/C20H25NO2/c1-6-18(23-19-9-7-8-14(3)16(19)5)20(22)21-17-12-13(2)10-11-15(17)4/h7-12,18H,6H2,1-5H3,(H,21,22)/t18-/m0/s1. The second-order valence-corrected chi connectivity index (χ2v) is 6.02. The molecule has 2 aromatic carbocycles. The number of hydrogen-bond donors (Lipinski definition) is 1. The highest BCUT2D eigenvalue weighted by Crippen LogP contribution is 2.23. The van der Waals surface area contributed by atoms with Crippen LogP contribution in [-0.4, -0.2) is 12.0 Å². The van der Waals surface area contributed by atoms with Crippen molar-refractivity contribution >= 4 is 11.6 Å². The Hall–Kier alpha value is -2.29. The van der Waals surface area contributed by atoms with Crippen molar-refractivity contribution in [2.24, 2.45) is 0 Å². The molecule has 0 bridgehead atoms. The Morgan fingerprint density at radius 1 is 1.09 bits per heavy atom. The van der Waals surface area contributed by atoms with Crippen LogP contribution in [0.25, 0.3) is 0 Å². The van der Waals surface area contributed by atoms with Gasteiger partial charge >= 0.3 is 0 Å². The quantitative estimate of drug-likeness (QED) is 0.868. The molecule has 23 heavy (non-hydrogen) atoms. The molecule has 2 rings (SSSR count). The summed E-state index contributed by atoms with van der Waals surface area (Å²) in [6.07, 6.45) is 0.111. The number of carbonyl (C=O) groups is 1. The predicted octanol–water partition coefficient (Wildman–Crippen LogP) is 4.72. The Balaban J connectivity index is 2.15. The Morgan fingerprint density at radius 3 is 2.52 bits per heavy atom. The van der Waals surface area contributed by atoms with Crippen LogP contribution in [0.5, 0.6) is 5.75 Å². The highest BCUT2D eigenvalue weighted by Gasteiger charge is 2.20. The largest absolute Gasteiger partial charge is 0.480 e. The van der Waals surface area contributed by atoms with Crippen molar-refractivity contribution < 1.29 is 9.53 Å². The summed E-state index contributed by atoms with van der Waals surface area (Å²) < 4.78 is 5.97. The zero-order valence-electron chi connectivity index (χ0n) is 14.6. The van der Waals surface area contributed by atoms with Gasteiger partial charge in [0.15, 0.2) is 6.10 Å². The lowest BCUT2D eigenvalue weighted by Gasteiger charge is -2.20. The second-order valence-electron chi connectivity index (χ2n) is 6.02. The number of benzene rings is 2. The topological polar surface area (TPSA) is 38.3 Å². The molecule has 0 radical (unpaired) electrons. The fraction of sp³-hybridized carbons (Fsp3) is 0.350. The lowest BCUT2D eigenvalue weighted by Crippen LogP contribution is -2.32. The lowest BCUT2D eigenvalue weighted by atomic mass is 10.1. The van der Waals surface area contributed by atoms with E-state index in [1.54, 1.807) is 0 Å². The van der Waals surface area contributed by atoms with Gasteiger partial charge in [0.05, 0.1) is 0 Å². The van der Waals surface area contributed by atoms with Crippen LogP contribution in [0.3, 0.4) is 0 Å². The smallest absolute Gasteiger partial charge is 0.265 e. The van der Waals surface area contributed by atoms with Crippen LogP contribution in [0.2, 0.25) is 0 Å². The molecular formula is C20H25NO2. The number of carbonyl (C=O) groups excluding carboxylic acids is 1. The monoisotopic (exact) mass is 311 g/mol. The minimum Gasteiger partial charge on any atom is -0.480 e. The van der Waals surface area contributed by atoms with Crippen LogP contribution in [0.4, 0.5) is 5.69 Å². The second kappa shape index (κ2) is 7.32. The van der Waals surface area contributed by atoms with E-state index in [1.165, 1.54) is 0 Å². The van der Waals surface area contributed by atoms with E-state index in [4.69, 9.17) is 4.74 Å². The number of rotatable bonds is 5. The van der Waals surface area contributed by atoms with Gasteiger partial charge in [-0.05, 0) is 68.5 Å². The van der Waals surface area contributed by atoms with Crippen molar-refractivity contribution in [3.05, 3.63) is 58.7 Å². The summed E-state index contributed by atoms with van der Waals surface area (Å²) in [5.74, 6) is 0.662. The van der Waals surface area contributed by atoms with Gasteiger partial charge in [-0.2, -0.15) is 0 Å². The van der Waals surface area contributed by atoms with E-state index in [0.29, 0.717) is 6.42 Å². The van der Waals surface area contributed by atoms with E-state index < -0.39 is 6.10 Å². The van der Waals surface area contributed by atoms with E-state index in [9.17, 15) is 4.79 Å². The molecule has 3 nitrogen and oxygen atoms in total. The maximum Gasteiger partial charge on any atom is 0.265 e. The molecule has 0 aliphatic carbocycles. The van der Waals surface area contributed by atoms with Crippen LogP contribution < -0.4 is 10.1 Å². The zero-order chi connectivity index (χ0) is 17.0. The van der Waals surface area contributed by atoms with Crippen molar-refractivity contribution in [1.82, 2.24) is 0 Å². The molecule has 1 N–H and O–H groups in total. The van der Waals surface area contributed by atoms with Gasteiger partial charge in [0.2, 0.25) is 0 Å². The summed E-state index contributed by atoms with van der Waals surface area (Å²) in [7, 11) is 0. The number of aryl methyl sites for hydroxylation is 3. The third-order valence-electron chi connectivity index (χ3n) is 4.14. The molecule has 1 amide bonds. The number of ether oxygens (including phenoxy) is 1. The number of hydrogen-bond acceptors (Lipinski definition) is 2. The molecule has 0 aromatic heterocycles. The van der Waals surface area contributed by atoms with Crippen LogP contribution in [0.15, 0.2) is 36.4 Å². The van der Waals surface area contributed by atoms with Crippen LogP contribution >= 0.6 is 0 Å². The third kappa shape index (κ3) is 4.13. The molecule has 0 aliphatic rings. The molecule has 2 aromatic rings. The average molecular weight is 311 g/mol. The van der Waals surface area contributed by atoms with Crippen LogP contribution in [0, 0.1) is 27.7 Å². The summed E-state index contributed by atoms with van der Waals surface area (Å²) in [4.78, 5) is 12.6. The molecule has 1 atom stereocenters. The van der Waals surface area contributed by atoms with E-state index in [1.807, 2.05) is 71.0 Å². The van der Waals surface area contributed by atoms with Gasteiger partial charge in [-0.3, -0.25) is 4.79 Å². The third-order valence-corrected chi connectivity index (χ3v) is 4.14. The summed E-state index contributed by atoms with van der Waals surface area (Å²) in [6, 6.07) is 11.9. The van der Waals surface area contributed by atoms with Gasteiger partial charge in [-0.15, -0.1) is 0 Å². The van der Waals surface area contributed by atoms with Crippen LogP contribution in [-0.2, 0) is 4.79 Å². The normalized spacial score (nSPS) is 11.9. The van der Waals surface area contributed by atoms with Gasteiger partial charge in [0.1, 0.15) is 5.75 Å². The highest BCUT2D eigenvalue weighted by atomic mass is 16.5. The molecule has 0 saturated carbocycles. The van der Waals surface area contributed by atoms with Gasteiger partial charge in [-0.1, -0.05) is 31.2 Å². The van der Waals surface area contributed by atoms with Crippen molar-refractivity contribution in [3.63, 3.8) is 0 Å². The first kappa shape index (κ1) is 17.1. The Bertz CT molecular complexity index is 707.